The van der Waals surface area contributed by atoms with Crippen LogP contribution in [-0.2, 0) is 9.53 Å². The highest BCUT2D eigenvalue weighted by molar-refractivity contribution is 5.90. The summed E-state index contributed by atoms with van der Waals surface area (Å²) < 4.78 is 33.5. The highest BCUT2D eigenvalue weighted by atomic mass is 19.1. The van der Waals surface area contributed by atoms with Gasteiger partial charge in [-0.15, -0.1) is 0 Å². The van der Waals surface area contributed by atoms with E-state index in [2.05, 4.69) is 10.6 Å². The molecule has 0 saturated carbocycles. The van der Waals surface area contributed by atoms with Crippen LogP contribution in [0.4, 0.5) is 35.4 Å². The van der Waals surface area contributed by atoms with Crippen molar-refractivity contribution in [1.29, 1.82) is 0 Å². The molecule has 0 aliphatic carbocycles. The maximum Gasteiger partial charge on any atom is 0.414 e. The van der Waals surface area contributed by atoms with Crippen molar-refractivity contribution in [1.82, 2.24) is 10.2 Å². The van der Waals surface area contributed by atoms with Gasteiger partial charge in [-0.2, -0.15) is 0 Å². The van der Waals surface area contributed by atoms with Crippen LogP contribution in [0.25, 0.3) is 0 Å². The summed E-state index contributed by atoms with van der Waals surface area (Å²) in [5.41, 5.74) is 1.11. The zero-order chi connectivity index (χ0) is 24.2. The molecule has 0 spiro atoms. The Morgan fingerprint density at radius 2 is 1.85 bits per heavy atom. The van der Waals surface area contributed by atoms with Crippen molar-refractivity contribution in [2.24, 2.45) is 0 Å². The predicted octanol–water partition coefficient (Wildman–Crippen LogP) is 2.78. The van der Waals surface area contributed by atoms with Gasteiger partial charge in [0.05, 0.1) is 24.5 Å². The van der Waals surface area contributed by atoms with Crippen molar-refractivity contribution >= 4 is 35.1 Å². The number of hydrogen-bond donors (Lipinski definition) is 2. The summed E-state index contributed by atoms with van der Waals surface area (Å²) in [6.45, 7) is 3.33. The summed E-state index contributed by atoms with van der Waals surface area (Å²) in [6.07, 6.45) is -1.11. The summed E-state index contributed by atoms with van der Waals surface area (Å²) in [6, 6.07) is 9.83. The van der Waals surface area contributed by atoms with E-state index in [0.29, 0.717) is 43.2 Å². The zero-order valence-corrected chi connectivity index (χ0v) is 18.6. The number of nitrogens with one attached hydrogen (secondary N) is 2. The molecular weight excluding hydrogens is 448 g/mol. The minimum absolute atomic E-state index is 0.190. The minimum atomic E-state index is -0.597. The molecule has 9 nitrogen and oxygen atoms in total. The molecule has 2 aromatic carbocycles. The smallest absolute Gasteiger partial charge is 0.414 e. The third-order valence-corrected chi connectivity index (χ3v) is 5.68. The Morgan fingerprint density at radius 3 is 2.53 bits per heavy atom. The van der Waals surface area contributed by atoms with Gasteiger partial charge in [-0.1, -0.05) is 6.07 Å². The van der Waals surface area contributed by atoms with Gasteiger partial charge >= 0.3 is 12.1 Å². The van der Waals surface area contributed by atoms with Crippen molar-refractivity contribution in [2.75, 3.05) is 54.4 Å². The van der Waals surface area contributed by atoms with E-state index >= 15 is 0 Å². The number of cyclic esters (lactones) is 1. The van der Waals surface area contributed by atoms with Gasteiger partial charge in [-0.3, -0.25) is 9.69 Å². The first-order valence-corrected chi connectivity index (χ1v) is 10.9. The van der Waals surface area contributed by atoms with Crippen molar-refractivity contribution in [2.45, 2.75) is 13.0 Å². The maximum atomic E-state index is 14.9. The number of amides is 4. The van der Waals surface area contributed by atoms with Crippen molar-refractivity contribution < 1.29 is 27.9 Å². The molecule has 2 N–H and O–H groups in total. The first kappa shape index (κ1) is 23.3. The minimum Gasteiger partial charge on any atom is -0.442 e. The van der Waals surface area contributed by atoms with Crippen LogP contribution in [0.2, 0.25) is 0 Å². The van der Waals surface area contributed by atoms with Crippen LogP contribution in [0.5, 0.6) is 0 Å². The van der Waals surface area contributed by atoms with E-state index in [9.17, 15) is 23.2 Å². The van der Waals surface area contributed by atoms with Crippen molar-refractivity contribution in [3.63, 3.8) is 0 Å². The lowest BCUT2D eigenvalue weighted by molar-refractivity contribution is -0.119. The lowest BCUT2D eigenvalue weighted by Crippen LogP contribution is -2.50. The molecule has 1 atom stereocenters. The number of anilines is 3. The van der Waals surface area contributed by atoms with E-state index in [1.54, 1.807) is 23.1 Å². The average Bonchev–Trinajstić information content (AvgIpc) is 3.18. The average molecular weight is 473 g/mol. The summed E-state index contributed by atoms with van der Waals surface area (Å²) in [5.74, 6) is -1.16. The van der Waals surface area contributed by atoms with Gasteiger partial charge in [0.2, 0.25) is 5.91 Å². The van der Waals surface area contributed by atoms with Crippen LogP contribution in [0.1, 0.15) is 6.92 Å². The Balaban J connectivity index is 1.34. The Hall–Kier alpha value is -3.89. The monoisotopic (exact) mass is 473 g/mol. The Morgan fingerprint density at radius 1 is 1.09 bits per heavy atom. The molecule has 4 rings (SSSR count). The summed E-state index contributed by atoms with van der Waals surface area (Å²) >= 11 is 0. The van der Waals surface area contributed by atoms with Crippen LogP contribution >= 0.6 is 0 Å². The molecule has 2 aliphatic rings. The number of ether oxygens (including phenoxy) is 1. The molecule has 2 aliphatic heterocycles. The summed E-state index contributed by atoms with van der Waals surface area (Å²) in [4.78, 5) is 40.4. The van der Waals surface area contributed by atoms with Crippen LogP contribution in [-0.4, -0.2) is 68.3 Å². The zero-order valence-electron chi connectivity index (χ0n) is 18.6. The Bertz CT molecular complexity index is 1090. The molecule has 2 fully saturated rings. The van der Waals surface area contributed by atoms with Crippen LogP contribution in [0.3, 0.4) is 0 Å². The molecule has 11 heteroatoms. The number of piperazine rings is 1. The molecule has 4 amide bonds. The Kier molecular flexibility index (Phi) is 6.80. The van der Waals surface area contributed by atoms with Crippen LogP contribution in [0.15, 0.2) is 42.5 Å². The van der Waals surface area contributed by atoms with E-state index in [4.69, 9.17) is 4.74 Å². The molecule has 0 bridgehead atoms. The number of urea groups is 1. The topological polar surface area (TPSA) is 94.2 Å². The molecule has 2 heterocycles. The fraction of sp³-hybridized carbons (Fsp3) is 0.348. The number of rotatable bonds is 5. The quantitative estimate of drug-likeness (QED) is 0.697. The van der Waals surface area contributed by atoms with E-state index in [0.717, 1.165) is 0 Å². The highest BCUT2D eigenvalue weighted by Gasteiger charge is 2.33. The van der Waals surface area contributed by atoms with Crippen molar-refractivity contribution in [3.8, 4) is 0 Å². The lowest BCUT2D eigenvalue weighted by atomic mass is 10.2. The van der Waals surface area contributed by atoms with Crippen LogP contribution < -0.4 is 20.4 Å². The van der Waals surface area contributed by atoms with Gasteiger partial charge in [0.25, 0.3) is 0 Å². The third kappa shape index (κ3) is 5.36. The molecule has 2 aromatic rings. The highest BCUT2D eigenvalue weighted by Crippen LogP contribution is 2.28. The first-order chi connectivity index (χ1) is 16.3. The largest absolute Gasteiger partial charge is 0.442 e. The predicted molar refractivity (Wildman–Crippen MR) is 122 cm³/mol. The molecule has 180 valence electrons. The number of hydrogen-bond acceptors (Lipinski definition) is 5. The summed E-state index contributed by atoms with van der Waals surface area (Å²) in [7, 11) is 0. The number of carbonyl (C=O) groups excluding carboxylic acids is 3. The second-order valence-electron chi connectivity index (χ2n) is 8.10. The van der Waals surface area contributed by atoms with Gasteiger partial charge in [0, 0.05) is 38.8 Å². The molecular formula is C23H25F2N5O4. The summed E-state index contributed by atoms with van der Waals surface area (Å²) in [5, 5.41) is 5.26. The molecule has 34 heavy (non-hydrogen) atoms. The fourth-order valence-electron chi connectivity index (χ4n) is 3.94. The van der Waals surface area contributed by atoms with E-state index in [-0.39, 0.29) is 25.0 Å². The van der Waals surface area contributed by atoms with Crippen molar-refractivity contribution in [3.05, 3.63) is 54.1 Å². The van der Waals surface area contributed by atoms with Gasteiger partial charge in [-0.25, -0.2) is 18.4 Å². The fourth-order valence-corrected chi connectivity index (χ4v) is 3.94. The van der Waals surface area contributed by atoms with Gasteiger partial charge in [0.1, 0.15) is 17.7 Å². The second-order valence-corrected chi connectivity index (χ2v) is 8.10. The van der Waals surface area contributed by atoms with Gasteiger partial charge < -0.3 is 25.2 Å². The van der Waals surface area contributed by atoms with E-state index in [1.807, 2.05) is 4.90 Å². The molecule has 0 radical (unpaired) electrons. The lowest BCUT2D eigenvalue weighted by Gasteiger charge is -2.36. The molecule has 2 saturated heterocycles. The number of carbonyl (C=O) groups is 3. The standard InChI is InChI=1S/C23H25F2N5O4/c1-15(31)26-13-19-14-30(23(33)34-19)18-5-6-21(20(25)12-18)28-7-9-29(10-8-28)22(32)27-17-4-2-3-16(24)11-17/h2-6,11-12,19H,7-10,13-14H2,1H3,(H,26,31)(H,27,32)/t19-/m0/s1. The maximum absolute atomic E-state index is 14.9. The normalized spacial score (nSPS) is 18.0. The number of halogens is 2. The van der Waals surface area contributed by atoms with Crippen LogP contribution in [0, 0.1) is 11.6 Å². The van der Waals surface area contributed by atoms with E-state index < -0.39 is 23.8 Å². The Labute approximate surface area is 195 Å². The van der Waals surface area contributed by atoms with Gasteiger partial charge in [-0.05, 0) is 36.4 Å². The second kappa shape index (κ2) is 9.94. The first-order valence-electron chi connectivity index (χ1n) is 10.9. The third-order valence-electron chi connectivity index (χ3n) is 5.68. The number of benzene rings is 2. The molecule has 0 aromatic heterocycles. The van der Waals surface area contributed by atoms with Gasteiger partial charge in [0.15, 0.2) is 0 Å². The SMILES string of the molecule is CC(=O)NC[C@H]1CN(c2ccc(N3CCN(C(=O)Nc4cccc(F)c4)CC3)c(F)c2)C(=O)O1. The number of nitrogens with zero attached hydrogens (tertiary/aromatic N) is 3. The van der Waals surface area contributed by atoms with E-state index in [1.165, 1.54) is 36.1 Å². The molecule has 0 unspecified atom stereocenters.